The molecule has 1 heterocycles. The van der Waals surface area contributed by atoms with Crippen LogP contribution in [0.2, 0.25) is 0 Å². The third-order valence-corrected chi connectivity index (χ3v) is 4.22. The first-order valence-electron chi connectivity index (χ1n) is 6.48. The lowest BCUT2D eigenvalue weighted by Crippen LogP contribution is -2.25. The van der Waals surface area contributed by atoms with Crippen molar-refractivity contribution in [2.75, 3.05) is 7.11 Å². The smallest absolute Gasteiger partial charge is 0.0766 e. The lowest BCUT2D eigenvalue weighted by molar-refractivity contribution is 0.107. The van der Waals surface area contributed by atoms with Crippen LogP contribution in [0.1, 0.15) is 38.1 Å². The van der Waals surface area contributed by atoms with E-state index in [1.165, 1.54) is 5.69 Å². The zero-order valence-electron chi connectivity index (χ0n) is 11.7. The van der Waals surface area contributed by atoms with Crippen molar-refractivity contribution < 1.29 is 4.74 Å². The maximum atomic E-state index is 6.18. The monoisotopic (exact) mass is 317 g/mol. The first-order chi connectivity index (χ1) is 8.49. The van der Waals surface area contributed by atoms with Gasteiger partial charge < -0.3 is 10.5 Å². The van der Waals surface area contributed by atoms with E-state index in [1.807, 2.05) is 11.7 Å². The molecule has 2 atom stereocenters. The van der Waals surface area contributed by atoms with Crippen molar-refractivity contribution in [1.82, 2.24) is 9.78 Å². The number of hydrogen-bond donors (Lipinski definition) is 1. The number of nitrogens with two attached hydrogens (primary N) is 1. The summed E-state index contributed by atoms with van der Waals surface area (Å²) in [6.07, 6.45) is 4.02. The lowest BCUT2D eigenvalue weighted by Gasteiger charge is -2.15. The van der Waals surface area contributed by atoms with Crippen LogP contribution in [-0.2, 0) is 24.6 Å². The van der Waals surface area contributed by atoms with E-state index in [9.17, 15) is 0 Å². The highest BCUT2D eigenvalue weighted by Crippen LogP contribution is 2.23. The number of ether oxygens (including phenoxy) is 1. The van der Waals surface area contributed by atoms with Crippen LogP contribution in [-0.4, -0.2) is 29.0 Å². The highest BCUT2D eigenvalue weighted by Gasteiger charge is 2.16. The number of hydrogen-bond acceptors (Lipinski definition) is 3. The molecule has 0 saturated carbocycles. The molecule has 1 aromatic heterocycles. The molecule has 0 fully saturated rings. The van der Waals surface area contributed by atoms with Crippen LogP contribution in [0.5, 0.6) is 0 Å². The summed E-state index contributed by atoms with van der Waals surface area (Å²) in [5.74, 6) is 0. The fraction of sp³-hybridized carbons (Fsp3) is 0.769. The van der Waals surface area contributed by atoms with Crippen LogP contribution in [0.3, 0.4) is 0 Å². The van der Waals surface area contributed by atoms with Crippen LogP contribution >= 0.6 is 15.9 Å². The molecule has 0 aliphatic carbocycles. The van der Waals surface area contributed by atoms with Gasteiger partial charge in [-0.2, -0.15) is 5.10 Å². The average Bonchev–Trinajstić information content (AvgIpc) is 2.63. The van der Waals surface area contributed by atoms with Crippen LogP contribution in [0.25, 0.3) is 0 Å². The van der Waals surface area contributed by atoms with Crippen molar-refractivity contribution in [1.29, 1.82) is 0 Å². The molecule has 18 heavy (non-hydrogen) atoms. The van der Waals surface area contributed by atoms with E-state index in [0.29, 0.717) is 0 Å². The number of aromatic nitrogens is 2. The topological polar surface area (TPSA) is 53.1 Å². The van der Waals surface area contributed by atoms with E-state index < -0.39 is 0 Å². The molecule has 0 saturated heterocycles. The zero-order chi connectivity index (χ0) is 13.7. The summed E-state index contributed by atoms with van der Waals surface area (Å²) < 4.78 is 8.28. The second kappa shape index (κ2) is 7.26. The fourth-order valence-electron chi connectivity index (χ4n) is 1.96. The predicted molar refractivity (Wildman–Crippen MR) is 77.7 cm³/mol. The van der Waals surface area contributed by atoms with E-state index in [4.69, 9.17) is 10.5 Å². The molecular formula is C13H24BrN3O. The minimum Gasteiger partial charge on any atom is -0.382 e. The van der Waals surface area contributed by atoms with Gasteiger partial charge in [0.15, 0.2) is 0 Å². The highest BCUT2D eigenvalue weighted by atomic mass is 79.9. The van der Waals surface area contributed by atoms with E-state index in [2.05, 4.69) is 34.9 Å². The van der Waals surface area contributed by atoms with Gasteiger partial charge in [-0.3, -0.25) is 4.68 Å². The first-order valence-corrected chi connectivity index (χ1v) is 7.27. The number of methoxy groups -OCH3 is 1. The lowest BCUT2D eigenvalue weighted by atomic mass is 10.0. The Morgan fingerprint density at radius 2 is 2.11 bits per heavy atom. The Hall–Kier alpha value is -0.390. The van der Waals surface area contributed by atoms with Gasteiger partial charge in [0.25, 0.3) is 0 Å². The minimum atomic E-state index is 0.152. The summed E-state index contributed by atoms with van der Waals surface area (Å²) >= 11 is 3.62. The van der Waals surface area contributed by atoms with Gasteiger partial charge in [-0.1, -0.05) is 6.92 Å². The quantitative estimate of drug-likeness (QED) is 0.840. The van der Waals surface area contributed by atoms with Crippen LogP contribution in [0.4, 0.5) is 0 Å². The van der Waals surface area contributed by atoms with Crippen molar-refractivity contribution in [2.24, 2.45) is 12.8 Å². The van der Waals surface area contributed by atoms with Gasteiger partial charge in [-0.05, 0) is 42.1 Å². The molecule has 2 unspecified atom stereocenters. The molecule has 104 valence electrons. The van der Waals surface area contributed by atoms with Gasteiger partial charge >= 0.3 is 0 Å². The number of rotatable bonds is 7. The first kappa shape index (κ1) is 15.7. The number of aryl methyl sites for hydroxylation is 2. The molecular weight excluding hydrogens is 294 g/mol. The van der Waals surface area contributed by atoms with Crippen LogP contribution < -0.4 is 5.73 Å². The van der Waals surface area contributed by atoms with E-state index in [0.717, 1.165) is 35.8 Å². The van der Waals surface area contributed by atoms with Gasteiger partial charge in [0.1, 0.15) is 0 Å². The molecule has 4 nitrogen and oxygen atoms in total. The summed E-state index contributed by atoms with van der Waals surface area (Å²) in [7, 11) is 3.71. The molecule has 0 amide bonds. The third kappa shape index (κ3) is 4.07. The Balaban J connectivity index is 2.59. The molecule has 5 heteroatoms. The van der Waals surface area contributed by atoms with Crippen molar-refractivity contribution in [3.05, 3.63) is 15.9 Å². The Kier molecular flexibility index (Phi) is 6.32. The molecule has 0 aliphatic heterocycles. The average molecular weight is 318 g/mol. The summed E-state index contributed by atoms with van der Waals surface area (Å²) in [5, 5.41) is 4.48. The van der Waals surface area contributed by atoms with Crippen molar-refractivity contribution in [3.8, 4) is 0 Å². The molecule has 1 aromatic rings. The van der Waals surface area contributed by atoms with Crippen molar-refractivity contribution in [2.45, 2.75) is 51.7 Å². The fourth-order valence-corrected chi connectivity index (χ4v) is 2.74. The van der Waals surface area contributed by atoms with Crippen LogP contribution in [0, 0.1) is 0 Å². The van der Waals surface area contributed by atoms with Crippen LogP contribution in [0.15, 0.2) is 4.47 Å². The normalized spacial score (nSPS) is 14.8. The molecule has 0 radical (unpaired) electrons. The summed E-state index contributed by atoms with van der Waals surface area (Å²) in [5.41, 5.74) is 8.47. The van der Waals surface area contributed by atoms with Gasteiger partial charge in [0.2, 0.25) is 0 Å². The zero-order valence-corrected chi connectivity index (χ0v) is 13.3. The second-order valence-electron chi connectivity index (χ2n) is 4.77. The van der Waals surface area contributed by atoms with Gasteiger partial charge in [-0.15, -0.1) is 0 Å². The largest absolute Gasteiger partial charge is 0.382 e. The molecule has 0 aromatic carbocycles. The maximum Gasteiger partial charge on any atom is 0.0766 e. The molecule has 0 aliphatic rings. The number of nitrogens with zero attached hydrogens (tertiary/aromatic N) is 2. The third-order valence-electron chi connectivity index (χ3n) is 3.30. The van der Waals surface area contributed by atoms with E-state index in [1.54, 1.807) is 7.11 Å². The second-order valence-corrected chi connectivity index (χ2v) is 5.57. The van der Waals surface area contributed by atoms with Gasteiger partial charge in [0, 0.05) is 26.6 Å². The standard InChI is InChI=1S/C13H24BrN3O/c1-5-11-13(14)12(17(3)16-11)8-10(15)7-6-9(2)18-4/h9-10H,5-8,15H2,1-4H3. The Morgan fingerprint density at radius 1 is 1.44 bits per heavy atom. The predicted octanol–water partition coefficient (Wildman–Crippen LogP) is 2.43. The molecule has 0 bridgehead atoms. The van der Waals surface area contributed by atoms with Gasteiger partial charge in [0.05, 0.1) is 22.0 Å². The van der Waals surface area contributed by atoms with Crippen molar-refractivity contribution >= 4 is 15.9 Å². The SMILES string of the molecule is CCc1nn(C)c(CC(N)CCC(C)OC)c1Br. The summed E-state index contributed by atoms with van der Waals surface area (Å²) in [4.78, 5) is 0. The summed E-state index contributed by atoms with van der Waals surface area (Å²) in [6.45, 7) is 4.18. The Morgan fingerprint density at radius 3 is 2.61 bits per heavy atom. The van der Waals surface area contributed by atoms with Crippen molar-refractivity contribution in [3.63, 3.8) is 0 Å². The molecule has 1 rings (SSSR count). The van der Waals surface area contributed by atoms with Gasteiger partial charge in [-0.25, -0.2) is 0 Å². The summed E-state index contributed by atoms with van der Waals surface area (Å²) in [6, 6.07) is 0.152. The molecule has 2 N–H and O–H groups in total. The van der Waals surface area contributed by atoms with E-state index >= 15 is 0 Å². The highest BCUT2D eigenvalue weighted by molar-refractivity contribution is 9.10. The Labute approximate surface area is 118 Å². The minimum absolute atomic E-state index is 0.152. The van der Waals surface area contributed by atoms with E-state index in [-0.39, 0.29) is 12.1 Å². The number of halogens is 1. The molecule has 0 spiro atoms. The maximum absolute atomic E-state index is 6.18. The Bertz CT molecular complexity index is 379.